The van der Waals surface area contributed by atoms with Crippen molar-refractivity contribution in [2.75, 3.05) is 32.2 Å². The summed E-state index contributed by atoms with van der Waals surface area (Å²) in [4.78, 5) is 59.5. The molecule has 4 aromatic heterocycles. The van der Waals surface area contributed by atoms with Crippen molar-refractivity contribution in [2.45, 2.75) is 117 Å². The molecular formula is C46H59N9O5S. The Kier molecular flexibility index (Phi) is 12.1. The summed E-state index contributed by atoms with van der Waals surface area (Å²) in [5, 5.41) is 8.47. The van der Waals surface area contributed by atoms with Crippen LogP contribution in [0, 0.1) is 11.3 Å². The second-order valence-corrected chi connectivity index (χ2v) is 18.8. The molecule has 1 saturated heterocycles. The molecule has 2 amide bonds. The van der Waals surface area contributed by atoms with Crippen LogP contribution in [-0.4, -0.2) is 92.3 Å². The smallest absolute Gasteiger partial charge is 0.324 e. The van der Waals surface area contributed by atoms with Gasteiger partial charge in [-0.3, -0.25) is 24.4 Å². The number of pyridine rings is 1. The molecule has 5 aromatic rings. The van der Waals surface area contributed by atoms with Crippen molar-refractivity contribution in [3.05, 3.63) is 70.1 Å². The second kappa shape index (κ2) is 17.3. The summed E-state index contributed by atoms with van der Waals surface area (Å²) in [5.41, 5.74) is 10.8. The second-order valence-electron chi connectivity index (χ2n) is 17.9. The molecule has 324 valence electrons. The first-order chi connectivity index (χ1) is 29.3. The standard InChI is InChI=1S/C46H59N9O5S/c1-9-53-37-17-16-29-21-32(37)33(41(53)31-14-10-18-47-39(31)28(4)59-8)23-46(5,6)26-60-44(58)34-15-12-20-55(51-34)43(57)35(22-38-49-36(29)25-61-38)50-42(56)40(27(2)3)52(7)45-48-24-30-13-11-19-54(30)45/h10,14,16-18,21,24-25,27-28,34-35,40,51H,9,11-13,15,19-20,22-23,26H2,1-8H3,(H,50,56)/t28-,34-,35-,40-/m0/s1. The number of hydrazine groups is 1. The third-order valence-corrected chi connectivity index (χ3v) is 13.4. The quantitative estimate of drug-likeness (QED) is 0.158. The summed E-state index contributed by atoms with van der Waals surface area (Å²) in [6.45, 7) is 14.5. The molecule has 0 saturated carbocycles. The van der Waals surface area contributed by atoms with Gasteiger partial charge in [-0.1, -0.05) is 33.8 Å². The molecule has 14 nitrogen and oxygen atoms in total. The predicted molar refractivity (Wildman–Crippen MR) is 237 cm³/mol. The fourth-order valence-electron chi connectivity index (χ4n) is 9.41. The van der Waals surface area contributed by atoms with Crippen LogP contribution in [0.1, 0.15) is 88.9 Å². The van der Waals surface area contributed by atoms with Crippen LogP contribution in [0.3, 0.4) is 0 Å². The van der Waals surface area contributed by atoms with E-state index in [0.29, 0.717) is 30.8 Å². The molecule has 4 atom stereocenters. The molecule has 7 heterocycles. The van der Waals surface area contributed by atoms with Crippen LogP contribution < -0.4 is 15.6 Å². The maximum absolute atomic E-state index is 14.6. The number of hydrogen-bond donors (Lipinski definition) is 2. The number of amides is 2. The van der Waals surface area contributed by atoms with Gasteiger partial charge in [0.05, 0.1) is 41.0 Å². The molecule has 61 heavy (non-hydrogen) atoms. The van der Waals surface area contributed by atoms with E-state index in [4.69, 9.17) is 24.4 Å². The highest BCUT2D eigenvalue weighted by Gasteiger charge is 2.38. The number of nitrogens with one attached hydrogen (secondary N) is 2. The average Bonchev–Trinajstić information content (AvgIpc) is 4.06. The van der Waals surface area contributed by atoms with Gasteiger partial charge < -0.3 is 28.8 Å². The van der Waals surface area contributed by atoms with Crippen LogP contribution in [0.5, 0.6) is 0 Å². The number of rotatable bonds is 9. The van der Waals surface area contributed by atoms with E-state index in [1.807, 2.05) is 50.4 Å². The fraction of sp³-hybridized carbons (Fsp3) is 0.522. The highest BCUT2D eigenvalue weighted by atomic mass is 32.1. The predicted octanol–water partition coefficient (Wildman–Crippen LogP) is 6.51. The molecule has 0 radical (unpaired) electrons. The van der Waals surface area contributed by atoms with Crippen LogP contribution in [0.4, 0.5) is 5.95 Å². The lowest BCUT2D eigenvalue weighted by Gasteiger charge is -2.36. The van der Waals surface area contributed by atoms with Crippen molar-refractivity contribution in [3.8, 4) is 22.5 Å². The summed E-state index contributed by atoms with van der Waals surface area (Å²) in [7, 11) is 3.60. The van der Waals surface area contributed by atoms with E-state index >= 15 is 0 Å². The molecule has 3 aliphatic rings. The van der Waals surface area contributed by atoms with E-state index in [-0.39, 0.29) is 36.9 Å². The van der Waals surface area contributed by atoms with Gasteiger partial charge in [-0.2, -0.15) is 0 Å². The maximum Gasteiger partial charge on any atom is 0.324 e. The van der Waals surface area contributed by atoms with Crippen LogP contribution in [0.15, 0.2) is 48.1 Å². The number of aromatic nitrogens is 5. The Bertz CT molecular complexity index is 2430. The van der Waals surface area contributed by atoms with E-state index in [1.54, 1.807) is 13.3 Å². The topological polar surface area (TPSA) is 149 Å². The van der Waals surface area contributed by atoms with Crippen molar-refractivity contribution < 1.29 is 23.9 Å². The number of carbonyl (C=O) groups excluding carboxylic acids is 3. The first kappa shape index (κ1) is 42.6. The summed E-state index contributed by atoms with van der Waals surface area (Å²) in [6.07, 6.45) is 7.37. The van der Waals surface area contributed by atoms with Crippen LogP contribution in [0.25, 0.3) is 33.4 Å². The van der Waals surface area contributed by atoms with Crippen LogP contribution >= 0.6 is 11.3 Å². The van der Waals surface area contributed by atoms with Gasteiger partial charge >= 0.3 is 5.97 Å². The number of anilines is 1. The number of ether oxygens (including phenoxy) is 2. The number of carbonyl (C=O) groups is 3. The van der Waals surface area contributed by atoms with E-state index in [9.17, 15) is 14.4 Å². The molecule has 6 bridgehead atoms. The van der Waals surface area contributed by atoms with Crippen LogP contribution in [-0.2, 0) is 56.2 Å². The Labute approximate surface area is 362 Å². The Morgan fingerprint density at radius 3 is 2.74 bits per heavy atom. The van der Waals surface area contributed by atoms with Gasteiger partial charge in [0, 0.05) is 84.9 Å². The van der Waals surface area contributed by atoms with Gasteiger partial charge in [0.15, 0.2) is 0 Å². The lowest BCUT2D eigenvalue weighted by atomic mass is 9.84. The summed E-state index contributed by atoms with van der Waals surface area (Å²) in [5.74, 6) is -0.351. The summed E-state index contributed by atoms with van der Waals surface area (Å²) in [6, 6.07) is 8.28. The van der Waals surface area contributed by atoms with E-state index in [2.05, 4.69) is 64.9 Å². The SMILES string of the molecule is CCn1c(-c2cccnc2[C@H](C)OC)c2c3cc(ccc31)-c1csc(n1)C[C@H](NC(=O)[C@H](C(C)C)N(C)c1ncc3n1CCC3)C(=O)N1CCC[C@H](N1)C(=O)OCC(C)(C)C2. The van der Waals surface area contributed by atoms with Gasteiger partial charge in [-0.25, -0.2) is 15.4 Å². The number of aryl methyl sites for hydroxylation is 2. The number of benzene rings is 1. The molecule has 0 unspecified atom stereocenters. The zero-order chi connectivity index (χ0) is 43.2. The highest BCUT2D eigenvalue weighted by Crippen LogP contribution is 2.42. The van der Waals surface area contributed by atoms with Crippen molar-refractivity contribution in [1.82, 2.24) is 39.8 Å². The average molecular weight is 850 g/mol. The first-order valence-electron chi connectivity index (χ1n) is 21.7. The first-order valence-corrected chi connectivity index (χ1v) is 22.6. The zero-order valence-electron chi connectivity index (χ0n) is 36.7. The minimum Gasteiger partial charge on any atom is -0.464 e. The summed E-state index contributed by atoms with van der Waals surface area (Å²) < 4.78 is 16.5. The minimum absolute atomic E-state index is 0.0901. The Hall–Kier alpha value is -5.12. The Morgan fingerprint density at radius 2 is 1.97 bits per heavy atom. The van der Waals surface area contributed by atoms with Gasteiger partial charge in [-0.15, -0.1) is 11.3 Å². The third-order valence-electron chi connectivity index (χ3n) is 12.5. The number of nitrogens with zero attached hydrogens (tertiary/aromatic N) is 7. The molecule has 8 rings (SSSR count). The third kappa shape index (κ3) is 8.31. The van der Waals surface area contributed by atoms with Gasteiger partial charge in [-0.05, 0) is 81.7 Å². The minimum atomic E-state index is -0.953. The molecule has 1 fully saturated rings. The normalized spacial score (nSPS) is 20.3. The number of imidazole rings is 1. The van der Waals surface area contributed by atoms with Crippen molar-refractivity contribution in [3.63, 3.8) is 0 Å². The molecule has 1 aromatic carbocycles. The van der Waals surface area contributed by atoms with Gasteiger partial charge in [0.2, 0.25) is 11.9 Å². The van der Waals surface area contributed by atoms with Gasteiger partial charge in [0.1, 0.15) is 18.1 Å². The molecule has 0 spiro atoms. The lowest BCUT2D eigenvalue weighted by Crippen LogP contribution is -2.62. The Balaban J connectivity index is 1.20. The van der Waals surface area contributed by atoms with Crippen LogP contribution in [0.2, 0.25) is 0 Å². The fourth-order valence-corrected chi connectivity index (χ4v) is 10.3. The van der Waals surface area contributed by atoms with Crippen molar-refractivity contribution in [1.29, 1.82) is 0 Å². The molecular weight excluding hydrogens is 791 g/mol. The number of fused-ring (bicyclic) bond motifs is 7. The molecule has 2 N–H and O–H groups in total. The monoisotopic (exact) mass is 849 g/mol. The molecule has 3 aliphatic heterocycles. The van der Waals surface area contributed by atoms with Crippen molar-refractivity contribution in [2.24, 2.45) is 11.3 Å². The van der Waals surface area contributed by atoms with Gasteiger partial charge in [0.25, 0.3) is 5.91 Å². The number of thiazole rings is 1. The molecule has 15 heteroatoms. The van der Waals surface area contributed by atoms with E-state index in [1.165, 1.54) is 16.3 Å². The largest absolute Gasteiger partial charge is 0.464 e. The summed E-state index contributed by atoms with van der Waals surface area (Å²) >= 11 is 1.47. The zero-order valence-corrected chi connectivity index (χ0v) is 37.5. The highest BCUT2D eigenvalue weighted by molar-refractivity contribution is 7.10. The Morgan fingerprint density at radius 1 is 1.15 bits per heavy atom. The lowest BCUT2D eigenvalue weighted by molar-refractivity contribution is -0.155. The van der Waals surface area contributed by atoms with E-state index in [0.717, 1.165) is 82.2 Å². The molecule has 0 aliphatic carbocycles. The number of likely N-dealkylation sites (N-methyl/N-ethyl adjacent to an activating group) is 1. The number of esters is 1. The number of hydrogen-bond acceptors (Lipinski definition) is 11. The van der Waals surface area contributed by atoms with E-state index < -0.39 is 29.5 Å². The number of cyclic esters (lactones) is 1. The maximum atomic E-state index is 14.6. The number of methoxy groups -OCH3 is 1. The van der Waals surface area contributed by atoms with Crippen molar-refractivity contribution >= 4 is 46.0 Å².